The highest BCUT2D eigenvalue weighted by Crippen LogP contribution is 2.40. The maximum absolute atomic E-state index is 14.5. The Morgan fingerprint density at radius 2 is 2.12 bits per heavy atom. The monoisotopic (exact) mass is 455 g/mol. The number of nitrogens with one attached hydrogen (secondary N) is 2. The van der Waals surface area contributed by atoms with E-state index in [9.17, 15) is 13.9 Å². The lowest BCUT2D eigenvalue weighted by atomic mass is 9.97. The highest BCUT2D eigenvalue weighted by atomic mass is 32.1. The number of piperidine rings is 1. The molecule has 1 aliphatic carbocycles. The van der Waals surface area contributed by atoms with Gasteiger partial charge in [-0.25, -0.2) is 23.7 Å². The number of allylic oxidation sites excluding steroid dienone is 1. The average Bonchev–Trinajstić information content (AvgIpc) is 3.42. The van der Waals surface area contributed by atoms with E-state index in [4.69, 9.17) is 0 Å². The van der Waals surface area contributed by atoms with Crippen LogP contribution in [0.4, 0.5) is 14.7 Å². The van der Waals surface area contributed by atoms with Crippen molar-refractivity contribution in [3.63, 3.8) is 0 Å². The summed E-state index contributed by atoms with van der Waals surface area (Å²) < 4.78 is 28.9. The molecule has 0 radical (unpaired) electrons. The van der Waals surface area contributed by atoms with Crippen LogP contribution in [0.2, 0.25) is 0 Å². The van der Waals surface area contributed by atoms with Gasteiger partial charge in [-0.2, -0.15) is 0 Å². The van der Waals surface area contributed by atoms with E-state index in [1.165, 1.54) is 6.20 Å². The van der Waals surface area contributed by atoms with E-state index in [2.05, 4.69) is 31.7 Å². The van der Waals surface area contributed by atoms with Crippen molar-refractivity contribution in [2.45, 2.75) is 37.8 Å². The van der Waals surface area contributed by atoms with Crippen LogP contribution in [0.25, 0.3) is 16.1 Å². The number of hydrogen-bond donors (Lipinski definition) is 3. The molecule has 0 bridgehead atoms. The first kappa shape index (κ1) is 21.1. The minimum absolute atomic E-state index is 0.0784. The molecule has 0 unspecified atom stereocenters. The summed E-state index contributed by atoms with van der Waals surface area (Å²) in [6.45, 7) is 2.05. The fraction of sp³-hybridized carbons (Fsp3) is 0.348. The molecule has 0 spiro atoms. The van der Waals surface area contributed by atoms with E-state index in [0.29, 0.717) is 31.5 Å². The Labute approximate surface area is 188 Å². The molecule has 1 aliphatic heterocycles. The number of halogens is 2. The molecule has 6 nitrogen and oxygen atoms in total. The predicted octanol–water partition coefficient (Wildman–Crippen LogP) is 3.83. The van der Waals surface area contributed by atoms with Crippen LogP contribution >= 0.6 is 11.3 Å². The van der Waals surface area contributed by atoms with Gasteiger partial charge in [0, 0.05) is 55.0 Å². The van der Waals surface area contributed by atoms with Crippen molar-refractivity contribution < 1.29 is 13.9 Å². The molecular weight excluding hydrogens is 432 g/mol. The molecule has 0 amide bonds. The van der Waals surface area contributed by atoms with Crippen LogP contribution in [0.5, 0.6) is 0 Å². The maximum Gasteiger partial charge on any atom is 0.274 e. The molecule has 1 fully saturated rings. The summed E-state index contributed by atoms with van der Waals surface area (Å²) in [5.74, 6) is -2.80. The van der Waals surface area contributed by atoms with Crippen molar-refractivity contribution in [3.8, 4) is 10.6 Å². The molecule has 9 heteroatoms. The van der Waals surface area contributed by atoms with Crippen molar-refractivity contribution in [1.82, 2.24) is 20.3 Å². The van der Waals surface area contributed by atoms with Gasteiger partial charge in [-0.05, 0) is 30.0 Å². The van der Waals surface area contributed by atoms with E-state index >= 15 is 0 Å². The fourth-order valence-electron chi connectivity index (χ4n) is 4.26. The number of thiazole rings is 1. The molecule has 2 atom stereocenters. The zero-order valence-corrected chi connectivity index (χ0v) is 18.3. The lowest BCUT2D eigenvalue weighted by Gasteiger charge is -2.28. The predicted molar refractivity (Wildman–Crippen MR) is 121 cm³/mol. The number of hydrogen-bond acceptors (Lipinski definition) is 7. The molecule has 3 N–H and O–H groups in total. The number of β-amino-alcohol motifs (C(OH)–C–C–N with tert-alkyl or cyclic N) is 1. The van der Waals surface area contributed by atoms with E-state index in [1.54, 1.807) is 17.5 Å². The first-order chi connectivity index (χ1) is 15.4. The normalized spacial score (nSPS) is 20.7. The third kappa shape index (κ3) is 4.15. The van der Waals surface area contributed by atoms with Gasteiger partial charge in [0.25, 0.3) is 5.92 Å². The lowest BCUT2D eigenvalue weighted by molar-refractivity contribution is 0.0165. The first-order valence-electron chi connectivity index (χ1n) is 10.5. The Hall–Kier alpha value is -2.75. The molecule has 3 heterocycles. The summed E-state index contributed by atoms with van der Waals surface area (Å²) in [5.41, 5.74) is 3.70. The van der Waals surface area contributed by atoms with Crippen LogP contribution in [0.15, 0.2) is 42.0 Å². The van der Waals surface area contributed by atoms with Crippen LogP contribution in [-0.2, 0) is 12.3 Å². The Bertz CT molecular complexity index is 1160. The third-order valence-electron chi connectivity index (χ3n) is 5.78. The number of aliphatic hydroxyl groups excluding tert-OH is 1. The minimum Gasteiger partial charge on any atom is -0.392 e. The quantitative estimate of drug-likeness (QED) is 0.542. The van der Waals surface area contributed by atoms with Crippen molar-refractivity contribution >= 4 is 22.9 Å². The molecule has 32 heavy (non-hydrogen) atoms. The van der Waals surface area contributed by atoms with E-state index in [0.717, 1.165) is 28.6 Å². The van der Waals surface area contributed by atoms with Crippen LogP contribution in [0.3, 0.4) is 0 Å². The zero-order valence-electron chi connectivity index (χ0n) is 17.5. The Balaban J connectivity index is 1.50. The molecule has 1 aromatic carbocycles. The molecule has 1 saturated heterocycles. The molecule has 5 rings (SSSR count). The number of rotatable bonds is 5. The summed E-state index contributed by atoms with van der Waals surface area (Å²) >= 11 is 1.56. The lowest BCUT2D eigenvalue weighted by Crippen LogP contribution is -2.46. The number of fused-ring (bicyclic) bond motifs is 1. The summed E-state index contributed by atoms with van der Waals surface area (Å²) in [5, 5.41) is 19.1. The van der Waals surface area contributed by atoms with Crippen molar-refractivity contribution in [2.75, 3.05) is 18.4 Å². The van der Waals surface area contributed by atoms with Gasteiger partial charge in [0.1, 0.15) is 5.01 Å². The van der Waals surface area contributed by atoms with Gasteiger partial charge >= 0.3 is 0 Å². The second kappa shape index (κ2) is 8.31. The Morgan fingerprint density at radius 3 is 2.88 bits per heavy atom. The number of aromatic nitrogens is 3. The highest BCUT2D eigenvalue weighted by Gasteiger charge is 2.33. The molecule has 166 valence electrons. The summed E-state index contributed by atoms with van der Waals surface area (Å²) in [6.07, 6.45) is 5.65. The second-order valence-electron chi connectivity index (χ2n) is 8.26. The van der Waals surface area contributed by atoms with Gasteiger partial charge in [0.15, 0.2) is 0 Å². The van der Waals surface area contributed by atoms with Gasteiger partial charge in [-0.1, -0.05) is 18.2 Å². The minimum atomic E-state index is -3.08. The Morgan fingerprint density at radius 1 is 1.25 bits per heavy atom. The molecule has 0 saturated carbocycles. The third-order valence-corrected chi connectivity index (χ3v) is 6.60. The Kier molecular flexibility index (Phi) is 5.48. The standard InChI is InChI=1S/C23H23F2N5OS/c1-23(24,25)19-12-28-22(29-15-9-16(31)11-26-10-15)30-20(19)18-5-2-13-8-14(3-4-17(13)18)21-27-6-7-32-21/h3-8,12,15-16,26,31H,2,9-11H2,1H3,(H,28,29,30)/t15-,16+/m0/s1. The smallest absolute Gasteiger partial charge is 0.274 e. The largest absolute Gasteiger partial charge is 0.392 e. The van der Waals surface area contributed by atoms with Gasteiger partial charge in [0.2, 0.25) is 5.95 Å². The van der Waals surface area contributed by atoms with Gasteiger partial charge in [-0.3, -0.25) is 0 Å². The van der Waals surface area contributed by atoms with E-state index in [1.807, 2.05) is 23.6 Å². The average molecular weight is 456 g/mol. The second-order valence-corrected chi connectivity index (χ2v) is 9.16. The highest BCUT2D eigenvalue weighted by molar-refractivity contribution is 7.13. The van der Waals surface area contributed by atoms with Gasteiger partial charge in [0.05, 0.1) is 17.4 Å². The van der Waals surface area contributed by atoms with E-state index < -0.39 is 12.0 Å². The summed E-state index contributed by atoms with van der Waals surface area (Å²) in [6, 6.07) is 5.91. The van der Waals surface area contributed by atoms with Crippen LogP contribution in [-0.4, -0.2) is 45.3 Å². The van der Waals surface area contributed by atoms with Crippen molar-refractivity contribution in [3.05, 3.63) is 64.4 Å². The summed E-state index contributed by atoms with van der Waals surface area (Å²) in [4.78, 5) is 13.0. The molecule has 2 aliphatic rings. The number of anilines is 1. The van der Waals surface area contributed by atoms with E-state index in [-0.39, 0.29) is 23.2 Å². The van der Waals surface area contributed by atoms with Crippen molar-refractivity contribution in [2.24, 2.45) is 0 Å². The number of aliphatic hydroxyl groups is 1. The van der Waals surface area contributed by atoms with Gasteiger partial charge in [-0.15, -0.1) is 11.3 Å². The topological polar surface area (TPSA) is 83.0 Å². The number of alkyl halides is 2. The molecular formula is C23H23F2N5OS. The van der Waals surface area contributed by atoms with Gasteiger partial charge < -0.3 is 15.7 Å². The molecule has 3 aromatic rings. The van der Waals surface area contributed by atoms with Crippen LogP contribution in [0, 0.1) is 0 Å². The van der Waals surface area contributed by atoms with Crippen LogP contribution in [0.1, 0.15) is 35.7 Å². The zero-order chi connectivity index (χ0) is 22.3. The molecule has 2 aromatic heterocycles. The van der Waals surface area contributed by atoms with Crippen LogP contribution < -0.4 is 10.6 Å². The summed E-state index contributed by atoms with van der Waals surface area (Å²) in [7, 11) is 0. The SMILES string of the molecule is CC(F)(F)c1cnc(N[C@@H]2CNC[C@H](O)C2)nc1C1=CCc2cc(-c3nccs3)ccc21. The fourth-order valence-corrected chi connectivity index (χ4v) is 4.90. The number of benzene rings is 1. The first-order valence-corrected chi connectivity index (χ1v) is 11.4. The maximum atomic E-state index is 14.5. The van der Waals surface area contributed by atoms with Crippen molar-refractivity contribution in [1.29, 1.82) is 0 Å². The number of nitrogens with zero attached hydrogens (tertiary/aromatic N) is 3.